The lowest BCUT2D eigenvalue weighted by Crippen LogP contribution is -2.56. The minimum absolute atomic E-state index is 0.0400. The number of benzene rings is 2. The van der Waals surface area contributed by atoms with E-state index in [1.807, 2.05) is 66.4 Å². The Labute approximate surface area is 170 Å². The Balaban J connectivity index is 1.45. The van der Waals surface area contributed by atoms with Gasteiger partial charge in [-0.25, -0.2) is 4.79 Å². The van der Waals surface area contributed by atoms with Crippen molar-refractivity contribution in [2.75, 3.05) is 13.1 Å². The van der Waals surface area contributed by atoms with Crippen LogP contribution in [0, 0.1) is 0 Å². The van der Waals surface area contributed by atoms with E-state index in [4.69, 9.17) is 9.84 Å². The average Bonchev–Trinajstić information content (AvgIpc) is 2.69. The van der Waals surface area contributed by atoms with E-state index in [2.05, 4.69) is 10.6 Å². The normalized spacial score (nSPS) is 18.0. The first kappa shape index (κ1) is 20.7. The number of para-hydroxylation sites is 2. The molecule has 0 unspecified atom stereocenters. The van der Waals surface area contributed by atoms with Crippen LogP contribution in [0.25, 0.3) is 0 Å². The number of carboxylic acids is 1. The lowest BCUT2D eigenvalue weighted by atomic mass is 9.85. The Morgan fingerprint density at radius 2 is 1.79 bits per heavy atom. The standard InChI is InChI=1S/C22H27N3O4/c1-2-25(15-21(26)27)18-12-17(13-18)24-22(28)23-14-16-8-6-7-11-20(16)29-19-9-4-3-5-10-19/h3-11,17-18H,2,12-15H2,1H3,(H,26,27)(H2,23,24,28). The number of hydrogen-bond acceptors (Lipinski definition) is 4. The molecule has 1 aliphatic rings. The van der Waals surface area contributed by atoms with Gasteiger partial charge in [-0.05, 0) is 37.6 Å². The van der Waals surface area contributed by atoms with Crippen LogP contribution in [-0.2, 0) is 11.3 Å². The van der Waals surface area contributed by atoms with Gasteiger partial charge >= 0.3 is 12.0 Å². The van der Waals surface area contributed by atoms with Gasteiger partial charge in [0.1, 0.15) is 11.5 Å². The number of ether oxygens (including phenoxy) is 1. The minimum atomic E-state index is -0.822. The maximum atomic E-state index is 12.2. The van der Waals surface area contributed by atoms with E-state index in [9.17, 15) is 9.59 Å². The molecule has 7 heteroatoms. The molecule has 2 aromatic rings. The Morgan fingerprint density at radius 3 is 2.48 bits per heavy atom. The molecule has 2 amide bonds. The molecule has 0 spiro atoms. The fourth-order valence-corrected chi connectivity index (χ4v) is 3.45. The van der Waals surface area contributed by atoms with Gasteiger partial charge in [-0.2, -0.15) is 0 Å². The smallest absolute Gasteiger partial charge is 0.317 e. The highest BCUT2D eigenvalue weighted by Crippen LogP contribution is 2.26. The molecule has 3 rings (SSSR count). The molecule has 29 heavy (non-hydrogen) atoms. The zero-order valence-electron chi connectivity index (χ0n) is 16.5. The second kappa shape index (κ2) is 9.93. The number of amides is 2. The van der Waals surface area contributed by atoms with Crippen molar-refractivity contribution in [2.45, 2.75) is 38.4 Å². The Bertz CT molecular complexity index is 822. The first-order valence-corrected chi connectivity index (χ1v) is 9.86. The molecule has 1 fully saturated rings. The van der Waals surface area contributed by atoms with Crippen LogP contribution in [0.5, 0.6) is 11.5 Å². The van der Waals surface area contributed by atoms with E-state index in [-0.39, 0.29) is 24.7 Å². The van der Waals surface area contributed by atoms with Crippen molar-refractivity contribution in [1.82, 2.24) is 15.5 Å². The quantitative estimate of drug-likeness (QED) is 0.604. The summed E-state index contributed by atoms with van der Waals surface area (Å²) in [6, 6.07) is 17.2. The van der Waals surface area contributed by atoms with Gasteiger partial charge in [-0.3, -0.25) is 9.69 Å². The lowest BCUT2D eigenvalue weighted by Gasteiger charge is -2.42. The number of carboxylic acid groups (broad SMARTS) is 1. The molecule has 0 aromatic heterocycles. The number of carbonyl (C=O) groups excluding carboxylic acids is 1. The second-order valence-corrected chi connectivity index (χ2v) is 7.13. The van der Waals surface area contributed by atoms with Crippen molar-refractivity contribution < 1.29 is 19.4 Å². The lowest BCUT2D eigenvalue weighted by molar-refractivity contribution is -0.139. The Morgan fingerprint density at radius 1 is 1.10 bits per heavy atom. The van der Waals surface area contributed by atoms with Crippen LogP contribution >= 0.6 is 0 Å². The van der Waals surface area contributed by atoms with Crippen LogP contribution in [0.2, 0.25) is 0 Å². The van der Waals surface area contributed by atoms with Crippen LogP contribution in [0.1, 0.15) is 25.3 Å². The fraction of sp³-hybridized carbons (Fsp3) is 0.364. The number of carbonyl (C=O) groups is 2. The zero-order valence-corrected chi connectivity index (χ0v) is 16.5. The van der Waals surface area contributed by atoms with E-state index < -0.39 is 5.97 Å². The van der Waals surface area contributed by atoms with Crippen molar-refractivity contribution in [3.8, 4) is 11.5 Å². The van der Waals surface area contributed by atoms with Crippen molar-refractivity contribution in [3.05, 3.63) is 60.2 Å². The number of urea groups is 1. The van der Waals surface area contributed by atoms with Gasteiger partial charge in [0.25, 0.3) is 0 Å². The molecule has 154 valence electrons. The van der Waals surface area contributed by atoms with E-state index in [1.54, 1.807) is 0 Å². The maximum Gasteiger partial charge on any atom is 0.317 e. The van der Waals surface area contributed by atoms with Gasteiger partial charge < -0.3 is 20.5 Å². The van der Waals surface area contributed by atoms with Gasteiger partial charge in [0.05, 0.1) is 6.54 Å². The van der Waals surface area contributed by atoms with Gasteiger partial charge in [0.15, 0.2) is 0 Å². The molecule has 0 saturated heterocycles. The van der Waals surface area contributed by atoms with Gasteiger partial charge in [-0.1, -0.05) is 43.3 Å². The summed E-state index contributed by atoms with van der Waals surface area (Å²) in [5.41, 5.74) is 0.886. The van der Waals surface area contributed by atoms with Crippen LogP contribution < -0.4 is 15.4 Å². The molecule has 0 bridgehead atoms. The SMILES string of the molecule is CCN(CC(=O)O)C1CC(NC(=O)NCc2ccccc2Oc2ccccc2)C1. The summed E-state index contributed by atoms with van der Waals surface area (Å²) in [6.45, 7) is 3.03. The Hall–Kier alpha value is -3.06. The molecular formula is C22H27N3O4. The predicted octanol–water partition coefficient (Wildman–Crippen LogP) is 3.22. The summed E-state index contributed by atoms with van der Waals surface area (Å²) in [7, 11) is 0. The number of likely N-dealkylation sites (N-methyl/N-ethyl adjacent to an activating group) is 1. The fourth-order valence-electron chi connectivity index (χ4n) is 3.45. The second-order valence-electron chi connectivity index (χ2n) is 7.13. The molecule has 7 nitrogen and oxygen atoms in total. The van der Waals surface area contributed by atoms with Gasteiger partial charge in [-0.15, -0.1) is 0 Å². The van der Waals surface area contributed by atoms with Crippen molar-refractivity contribution in [2.24, 2.45) is 0 Å². The van der Waals surface area contributed by atoms with Crippen molar-refractivity contribution in [3.63, 3.8) is 0 Å². The first-order valence-electron chi connectivity index (χ1n) is 9.86. The molecule has 1 saturated carbocycles. The average molecular weight is 397 g/mol. The predicted molar refractivity (Wildman–Crippen MR) is 110 cm³/mol. The Kier molecular flexibility index (Phi) is 7.08. The summed E-state index contributed by atoms with van der Waals surface area (Å²) in [5.74, 6) is 0.624. The zero-order chi connectivity index (χ0) is 20.6. The third-order valence-corrected chi connectivity index (χ3v) is 5.09. The largest absolute Gasteiger partial charge is 0.480 e. The molecule has 2 aromatic carbocycles. The highest BCUT2D eigenvalue weighted by molar-refractivity contribution is 5.74. The van der Waals surface area contributed by atoms with Gasteiger partial charge in [0, 0.05) is 24.2 Å². The summed E-state index contributed by atoms with van der Waals surface area (Å²) < 4.78 is 5.91. The summed E-state index contributed by atoms with van der Waals surface area (Å²) in [4.78, 5) is 25.1. The molecule has 0 heterocycles. The topological polar surface area (TPSA) is 90.9 Å². The molecular weight excluding hydrogens is 370 g/mol. The van der Waals surface area contributed by atoms with E-state index >= 15 is 0 Å². The minimum Gasteiger partial charge on any atom is -0.480 e. The number of aliphatic carboxylic acids is 1. The van der Waals surface area contributed by atoms with E-state index in [0.717, 1.165) is 24.2 Å². The first-order chi connectivity index (χ1) is 14.0. The van der Waals surface area contributed by atoms with Crippen LogP contribution in [0.15, 0.2) is 54.6 Å². The third-order valence-electron chi connectivity index (χ3n) is 5.09. The van der Waals surface area contributed by atoms with Gasteiger partial charge in [0.2, 0.25) is 0 Å². The number of nitrogens with one attached hydrogen (secondary N) is 2. The monoisotopic (exact) mass is 397 g/mol. The molecule has 0 aliphatic heterocycles. The number of rotatable bonds is 9. The van der Waals surface area contributed by atoms with E-state index in [1.165, 1.54) is 0 Å². The molecule has 0 radical (unpaired) electrons. The number of hydrogen-bond donors (Lipinski definition) is 3. The van der Waals surface area contributed by atoms with Crippen LogP contribution in [0.3, 0.4) is 0 Å². The molecule has 0 atom stereocenters. The molecule has 3 N–H and O–H groups in total. The molecule has 1 aliphatic carbocycles. The maximum absolute atomic E-state index is 12.2. The van der Waals surface area contributed by atoms with Crippen molar-refractivity contribution in [1.29, 1.82) is 0 Å². The summed E-state index contributed by atoms with van der Waals surface area (Å²) >= 11 is 0. The van der Waals surface area contributed by atoms with Crippen molar-refractivity contribution >= 4 is 12.0 Å². The van der Waals surface area contributed by atoms with Crippen LogP contribution in [0.4, 0.5) is 4.79 Å². The summed E-state index contributed by atoms with van der Waals surface area (Å²) in [6.07, 6.45) is 1.53. The van der Waals surface area contributed by atoms with Crippen LogP contribution in [-0.4, -0.2) is 47.2 Å². The van der Waals surface area contributed by atoms with E-state index in [0.29, 0.717) is 18.8 Å². The summed E-state index contributed by atoms with van der Waals surface area (Å²) in [5, 5.41) is 14.8. The third kappa shape index (κ3) is 5.96. The number of nitrogens with zero attached hydrogens (tertiary/aromatic N) is 1. The highest BCUT2D eigenvalue weighted by Gasteiger charge is 2.34. The highest BCUT2D eigenvalue weighted by atomic mass is 16.5.